The van der Waals surface area contributed by atoms with E-state index < -0.39 is 0 Å². The highest BCUT2D eigenvalue weighted by molar-refractivity contribution is 5.06. The van der Waals surface area contributed by atoms with Crippen LogP contribution in [0, 0.1) is 22.7 Å². The second kappa shape index (κ2) is 3.73. The fourth-order valence-corrected chi connectivity index (χ4v) is 4.93. The zero-order valence-corrected chi connectivity index (χ0v) is 12.0. The first-order chi connectivity index (χ1) is 7.93. The van der Waals surface area contributed by atoms with E-state index in [2.05, 4.69) is 27.7 Å². The van der Waals surface area contributed by atoms with Gasteiger partial charge in [-0.1, -0.05) is 40.5 Å². The molecule has 2 saturated carbocycles. The predicted molar refractivity (Wildman–Crippen MR) is 70.9 cm³/mol. The average Bonchev–Trinajstić information content (AvgIpc) is 2.99. The van der Waals surface area contributed by atoms with E-state index in [0.29, 0.717) is 23.0 Å². The number of hydrogen-bond acceptors (Lipinski definition) is 1. The lowest BCUT2D eigenvalue weighted by molar-refractivity contribution is -0.00474. The molecule has 1 heteroatoms. The fraction of sp³-hybridized carbons (Fsp3) is 1.00. The number of rotatable bonds is 1. The fourth-order valence-electron chi connectivity index (χ4n) is 4.93. The average molecular weight is 236 g/mol. The molecule has 17 heavy (non-hydrogen) atoms. The van der Waals surface area contributed by atoms with Crippen molar-refractivity contribution in [3.8, 4) is 0 Å². The first kappa shape index (κ1) is 12.0. The maximum Gasteiger partial charge on any atom is 0.0895 e. The second-order valence-corrected chi connectivity index (χ2v) is 7.94. The van der Waals surface area contributed by atoms with E-state index in [9.17, 15) is 0 Å². The van der Waals surface area contributed by atoms with Gasteiger partial charge < -0.3 is 4.74 Å². The van der Waals surface area contributed by atoms with Gasteiger partial charge in [-0.25, -0.2) is 0 Å². The number of hydrogen-bond donors (Lipinski definition) is 0. The molecule has 1 heterocycles. The van der Waals surface area contributed by atoms with E-state index in [1.165, 1.54) is 38.5 Å². The van der Waals surface area contributed by atoms with E-state index in [0.717, 1.165) is 11.8 Å². The summed E-state index contributed by atoms with van der Waals surface area (Å²) in [5, 5.41) is 0. The van der Waals surface area contributed by atoms with Crippen molar-refractivity contribution < 1.29 is 4.74 Å². The molecule has 0 aromatic carbocycles. The van der Waals surface area contributed by atoms with Crippen molar-refractivity contribution in [1.82, 2.24) is 0 Å². The standard InChI is InChI=1S/C16H28O/c1-15(2)10-6-5-7-11(15)12-8-9-13-14(17-13)16(12,3)4/h11-14H,5-10H2,1-4H3/t11?,12?,13-,14-/m0/s1. The van der Waals surface area contributed by atoms with Crippen LogP contribution in [0.1, 0.15) is 66.2 Å². The van der Waals surface area contributed by atoms with E-state index in [1.54, 1.807) is 0 Å². The van der Waals surface area contributed by atoms with Gasteiger partial charge in [-0.05, 0) is 48.3 Å². The van der Waals surface area contributed by atoms with Crippen molar-refractivity contribution in [3.05, 3.63) is 0 Å². The Balaban J connectivity index is 1.82. The summed E-state index contributed by atoms with van der Waals surface area (Å²) in [4.78, 5) is 0. The second-order valence-electron chi connectivity index (χ2n) is 7.94. The quantitative estimate of drug-likeness (QED) is 0.614. The van der Waals surface area contributed by atoms with Crippen LogP contribution in [0.15, 0.2) is 0 Å². The van der Waals surface area contributed by atoms with Crippen molar-refractivity contribution in [2.75, 3.05) is 0 Å². The molecule has 4 atom stereocenters. The molecule has 0 aromatic rings. The molecule has 1 aliphatic heterocycles. The molecular weight excluding hydrogens is 208 g/mol. The minimum atomic E-state index is 0.419. The third-order valence-corrected chi connectivity index (χ3v) is 6.11. The van der Waals surface area contributed by atoms with Crippen molar-refractivity contribution in [3.63, 3.8) is 0 Å². The maximum atomic E-state index is 5.88. The zero-order valence-electron chi connectivity index (χ0n) is 12.0. The SMILES string of the molecule is CC1(C)CCCCC1C1CC[C@@H]2O[C@@H]2C1(C)C. The zero-order chi connectivity index (χ0) is 12.3. The maximum absolute atomic E-state index is 5.88. The molecule has 0 N–H and O–H groups in total. The van der Waals surface area contributed by atoms with Gasteiger partial charge in [0.2, 0.25) is 0 Å². The molecule has 3 aliphatic rings. The van der Waals surface area contributed by atoms with Gasteiger partial charge in [-0.15, -0.1) is 0 Å². The summed E-state index contributed by atoms with van der Waals surface area (Å²) in [7, 11) is 0. The smallest absolute Gasteiger partial charge is 0.0895 e. The number of ether oxygens (including phenoxy) is 1. The van der Waals surface area contributed by atoms with Crippen LogP contribution >= 0.6 is 0 Å². The van der Waals surface area contributed by atoms with Crippen molar-refractivity contribution in [1.29, 1.82) is 0 Å². The molecule has 3 rings (SSSR count). The molecule has 0 radical (unpaired) electrons. The lowest BCUT2D eigenvalue weighted by Gasteiger charge is -2.50. The molecule has 0 bridgehead atoms. The topological polar surface area (TPSA) is 12.5 Å². The number of epoxide rings is 1. The van der Waals surface area contributed by atoms with Crippen LogP contribution in [0.3, 0.4) is 0 Å². The van der Waals surface area contributed by atoms with Crippen LogP contribution in [0.25, 0.3) is 0 Å². The molecule has 1 nitrogen and oxygen atoms in total. The summed E-state index contributed by atoms with van der Waals surface area (Å²) in [5.41, 5.74) is 0.976. The normalized spacial score (nSPS) is 47.3. The van der Waals surface area contributed by atoms with E-state index in [-0.39, 0.29) is 0 Å². The van der Waals surface area contributed by atoms with E-state index >= 15 is 0 Å². The summed E-state index contributed by atoms with van der Waals surface area (Å²) < 4.78 is 5.88. The third kappa shape index (κ3) is 1.85. The van der Waals surface area contributed by atoms with E-state index in [1.807, 2.05) is 0 Å². The minimum Gasteiger partial charge on any atom is -0.369 e. The summed E-state index contributed by atoms with van der Waals surface area (Å²) in [6, 6.07) is 0. The molecule has 2 unspecified atom stereocenters. The Bertz CT molecular complexity index is 305. The van der Waals surface area contributed by atoms with Crippen LogP contribution in [0.5, 0.6) is 0 Å². The summed E-state index contributed by atoms with van der Waals surface area (Å²) >= 11 is 0. The van der Waals surface area contributed by atoms with Gasteiger partial charge in [0.1, 0.15) is 0 Å². The highest BCUT2D eigenvalue weighted by Crippen LogP contribution is 2.59. The van der Waals surface area contributed by atoms with Crippen LogP contribution < -0.4 is 0 Å². The highest BCUT2D eigenvalue weighted by Gasteiger charge is 2.59. The van der Waals surface area contributed by atoms with Gasteiger partial charge in [0, 0.05) is 0 Å². The van der Waals surface area contributed by atoms with Gasteiger partial charge in [-0.2, -0.15) is 0 Å². The van der Waals surface area contributed by atoms with E-state index in [4.69, 9.17) is 4.74 Å². The van der Waals surface area contributed by atoms with Crippen LogP contribution in [0.4, 0.5) is 0 Å². The van der Waals surface area contributed by atoms with Crippen molar-refractivity contribution in [2.45, 2.75) is 78.4 Å². The Labute approximate surface area is 106 Å². The summed E-state index contributed by atoms with van der Waals surface area (Å²) in [5.74, 6) is 1.82. The van der Waals surface area contributed by atoms with Gasteiger partial charge in [0.25, 0.3) is 0 Å². The molecule has 3 fully saturated rings. The van der Waals surface area contributed by atoms with Crippen LogP contribution in [0.2, 0.25) is 0 Å². The molecule has 98 valence electrons. The molecule has 2 aliphatic carbocycles. The molecule has 1 saturated heterocycles. The monoisotopic (exact) mass is 236 g/mol. The van der Waals surface area contributed by atoms with Crippen molar-refractivity contribution in [2.24, 2.45) is 22.7 Å². The van der Waals surface area contributed by atoms with Gasteiger partial charge in [0.05, 0.1) is 12.2 Å². The molecule has 0 spiro atoms. The lowest BCUT2D eigenvalue weighted by Crippen LogP contribution is -2.45. The Morgan fingerprint density at radius 2 is 1.65 bits per heavy atom. The Morgan fingerprint density at radius 1 is 0.882 bits per heavy atom. The molecule has 0 aromatic heterocycles. The Hall–Kier alpha value is -0.0400. The van der Waals surface area contributed by atoms with Gasteiger partial charge >= 0.3 is 0 Å². The lowest BCUT2D eigenvalue weighted by atomic mass is 9.54. The largest absolute Gasteiger partial charge is 0.369 e. The van der Waals surface area contributed by atoms with Crippen LogP contribution in [-0.2, 0) is 4.74 Å². The summed E-state index contributed by atoms with van der Waals surface area (Å²) in [6.07, 6.45) is 9.71. The predicted octanol–water partition coefficient (Wildman–Crippen LogP) is 4.41. The molecule has 0 amide bonds. The number of fused-ring (bicyclic) bond motifs is 1. The molecular formula is C16H28O. The Morgan fingerprint density at radius 3 is 2.35 bits per heavy atom. The van der Waals surface area contributed by atoms with Crippen LogP contribution in [-0.4, -0.2) is 12.2 Å². The van der Waals surface area contributed by atoms with Crippen molar-refractivity contribution >= 4 is 0 Å². The van der Waals surface area contributed by atoms with Gasteiger partial charge in [0.15, 0.2) is 0 Å². The third-order valence-electron chi connectivity index (χ3n) is 6.11. The summed E-state index contributed by atoms with van der Waals surface area (Å²) in [6.45, 7) is 9.94. The highest BCUT2D eigenvalue weighted by atomic mass is 16.6. The minimum absolute atomic E-state index is 0.419. The first-order valence-electron chi connectivity index (χ1n) is 7.58. The van der Waals surface area contributed by atoms with Gasteiger partial charge in [-0.3, -0.25) is 0 Å². The Kier molecular flexibility index (Phi) is 2.63. The first-order valence-corrected chi connectivity index (χ1v) is 7.58.